The molecule has 0 atom stereocenters. The average Bonchev–Trinajstić information content (AvgIpc) is 2.37. The number of H-pyrrole nitrogens is 1. The van der Waals surface area contributed by atoms with E-state index in [1.54, 1.807) is 24.3 Å². The zero-order valence-electron chi connectivity index (χ0n) is 11.1. The standard InChI is InChI=1S/C14H13N3O4/c1-8(18)15-10-3-2-4-11(7-10)16-14(21)9-5-12(19)17-13(20)6-9/h2-7H,1H3,(H,15,18)(H,16,21)(H2,17,19,20). The van der Waals surface area contributed by atoms with Crippen LogP contribution in [0.2, 0.25) is 0 Å². The van der Waals surface area contributed by atoms with Gasteiger partial charge in [-0.25, -0.2) is 0 Å². The van der Waals surface area contributed by atoms with Gasteiger partial charge in [0.1, 0.15) is 0 Å². The Kier molecular flexibility index (Phi) is 4.03. The third-order valence-electron chi connectivity index (χ3n) is 2.53. The SMILES string of the molecule is CC(=O)Nc1cccc(NC(=O)c2cc(O)[nH]c(=O)c2)c1. The summed E-state index contributed by atoms with van der Waals surface area (Å²) in [6.07, 6.45) is 0. The first-order chi connectivity index (χ1) is 9.94. The van der Waals surface area contributed by atoms with Crippen molar-refractivity contribution >= 4 is 23.2 Å². The molecular formula is C14H13N3O4. The first kappa shape index (κ1) is 14.3. The highest BCUT2D eigenvalue weighted by atomic mass is 16.3. The molecule has 0 radical (unpaired) electrons. The van der Waals surface area contributed by atoms with E-state index in [1.807, 2.05) is 0 Å². The van der Waals surface area contributed by atoms with Crippen LogP contribution >= 0.6 is 0 Å². The van der Waals surface area contributed by atoms with Gasteiger partial charge in [0.15, 0.2) is 5.88 Å². The fourth-order valence-electron chi connectivity index (χ4n) is 1.74. The molecule has 0 saturated heterocycles. The third kappa shape index (κ3) is 3.93. The molecule has 2 rings (SSSR count). The first-order valence-corrected chi connectivity index (χ1v) is 6.06. The molecule has 7 heteroatoms. The van der Waals surface area contributed by atoms with Crippen molar-refractivity contribution in [2.24, 2.45) is 0 Å². The van der Waals surface area contributed by atoms with Crippen molar-refractivity contribution in [3.63, 3.8) is 0 Å². The Morgan fingerprint density at radius 2 is 1.76 bits per heavy atom. The van der Waals surface area contributed by atoms with Gasteiger partial charge in [-0.2, -0.15) is 0 Å². The molecule has 0 bridgehead atoms. The minimum Gasteiger partial charge on any atom is -0.494 e. The molecule has 0 spiro atoms. The van der Waals surface area contributed by atoms with E-state index in [4.69, 9.17) is 0 Å². The van der Waals surface area contributed by atoms with Crippen molar-refractivity contribution in [2.75, 3.05) is 10.6 Å². The maximum atomic E-state index is 12.0. The average molecular weight is 287 g/mol. The Morgan fingerprint density at radius 3 is 2.38 bits per heavy atom. The number of aromatic hydroxyl groups is 1. The quantitative estimate of drug-likeness (QED) is 0.681. The van der Waals surface area contributed by atoms with E-state index in [1.165, 1.54) is 6.92 Å². The van der Waals surface area contributed by atoms with Crippen molar-refractivity contribution < 1.29 is 14.7 Å². The molecule has 1 aromatic carbocycles. The Balaban J connectivity index is 2.19. The normalized spacial score (nSPS) is 9.95. The summed E-state index contributed by atoms with van der Waals surface area (Å²) in [6, 6.07) is 8.77. The Morgan fingerprint density at radius 1 is 1.10 bits per heavy atom. The molecule has 2 amide bonds. The maximum absolute atomic E-state index is 12.0. The van der Waals surface area contributed by atoms with E-state index < -0.39 is 11.5 Å². The van der Waals surface area contributed by atoms with Crippen LogP contribution in [0, 0.1) is 0 Å². The minimum absolute atomic E-state index is 0.0289. The number of aromatic amines is 1. The number of aromatic nitrogens is 1. The molecule has 0 aliphatic rings. The van der Waals surface area contributed by atoms with Crippen LogP contribution in [0.1, 0.15) is 17.3 Å². The van der Waals surface area contributed by atoms with Gasteiger partial charge in [-0.05, 0) is 18.2 Å². The van der Waals surface area contributed by atoms with Gasteiger partial charge in [-0.15, -0.1) is 0 Å². The molecule has 2 aromatic rings. The molecule has 1 aromatic heterocycles. The lowest BCUT2D eigenvalue weighted by Crippen LogP contribution is -2.16. The number of amides is 2. The van der Waals surface area contributed by atoms with Crippen molar-refractivity contribution in [1.82, 2.24) is 4.98 Å². The Hall–Kier alpha value is -3.09. The number of hydrogen-bond acceptors (Lipinski definition) is 4. The van der Waals surface area contributed by atoms with Crippen LogP contribution in [0.15, 0.2) is 41.2 Å². The topological polar surface area (TPSA) is 111 Å². The van der Waals surface area contributed by atoms with E-state index in [0.29, 0.717) is 11.4 Å². The second kappa shape index (κ2) is 5.91. The summed E-state index contributed by atoms with van der Waals surface area (Å²) in [5.41, 5.74) is 0.438. The summed E-state index contributed by atoms with van der Waals surface area (Å²) in [7, 11) is 0. The zero-order valence-corrected chi connectivity index (χ0v) is 11.1. The van der Waals surface area contributed by atoms with E-state index in [9.17, 15) is 19.5 Å². The van der Waals surface area contributed by atoms with Gasteiger partial charge in [0.2, 0.25) is 5.91 Å². The summed E-state index contributed by atoms with van der Waals surface area (Å²) in [5.74, 6) is -1.16. The number of pyridine rings is 1. The largest absolute Gasteiger partial charge is 0.494 e. The fourth-order valence-corrected chi connectivity index (χ4v) is 1.74. The molecule has 0 saturated carbocycles. The van der Waals surface area contributed by atoms with Gasteiger partial charge in [-0.3, -0.25) is 19.4 Å². The predicted molar refractivity (Wildman–Crippen MR) is 77.4 cm³/mol. The lowest BCUT2D eigenvalue weighted by Gasteiger charge is -2.08. The molecule has 0 aliphatic carbocycles. The molecule has 7 nitrogen and oxygen atoms in total. The fraction of sp³-hybridized carbons (Fsp3) is 0.0714. The predicted octanol–water partition coefficient (Wildman–Crippen LogP) is 1.29. The van der Waals surface area contributed by atoms with E-state index in [0.717, 1.165) is 12.1 Å². The number of nitrogens with one attached hydrogen (secondary N) is 3. The van der Waals surface area contributed by atoms with Gasteiger partial charge in [-0.1, -0.05) is 6.07 Å². The molecule has 0 fully saturated rings. The summed E-state index contributed by atoms with van der Waals surface area (Å²) in [5, 5.41) is 14.4. The maximum Gasteiger partial charge on any atom is 0.256 e. The number of hydrogen-bond donors (Lipinski definition) is 4. The van der Waals surface area contributed by atoms with Gasteiger partial charge < -0.3 is 15.7 Å². The number of carbonyl (C=O) groups is 2. The lowest BCUT2D eigenvalue weighted by molar-refractivity contribution is -0.114. The number of benzene rings is 1. The number of rotatable bonds is 3. The smallest absolute Gasteiger partial charge is 0.256 e. The van der Waals surface area contributed by atoms with Crippen LogP contribution in [-0.2, 0) is 4.79 Å². The number of carbonyl (C=O) groups excluding carboxylic acids is 2. The van der Waals surface area contributed by atoms with Crippen molar-refractivity contribution in [2.45, 2.75) is 6.92 Å². The van der Waals surface area contributed by atoms with Gasteiger partial charge in [0, 0.05) is 30.4 Å². The van der Waals surface area contributed by atoms with E-state index in [2.05, 4.69) is 15.6 Å². The van der Waals surface area contributed by atoms with E-state index >= 15 is 0 Å². The minimum atomic E-state index is -0.577. The van der Waals surface area contributed by atoms with Crippen molar-refractivity contribution in [3.05, 3.63) is 52.3 Å². The molecule has 1 heterocycles. The molecular weight excluding hydrogens is 274 g/mol. The summed E-state index contributed by atoms with van der Waals surface area (Å²) in [6.45, 7) is 1.38. The molecule has 108 valence electrons. The highest BCUT2D eigenvalue weighted by Crippen LogP contribution is 2.16. The molecule has 21 heavy (non-hydrogen) atoms. The monoisotopic (exact) mass is 287 g/mol. The van der Waals surface area contributed by atoms with Gasteiger partial charge in [0.05, 0.1) is 5.56 Å². The van der Waals surface area contributed by atoms with Crippen LogP contribution in [0.4, 0.5) is 11.4 Å². The van der Waals surface area contributed by atoms with Crippen LogP contribution < -0.4 is 16.2 Å². The highest BCUT2D eigenvalue weighted by Gasteiger charge is 2.09. The first-order valence-electron chi connectivity index (χ1n) is 6.06. The van der Waals surface area contributed by atoms with Crippen molar-refractivity contribution in [3.8, 4) is 5.88 Å². The van der Waals surface area contributed by atoms with Gasteiger partial charge >= 0.3 is 0 Å². The van der Waals surface area contributed by atoms with Gasteiger partial charge in [0.25, 0.3) is 11.5 Å². The zero-order chi connectivity index (χ0) is 15.4. The van der Waals surface area contributed by atoms with Crippen LogP contribution in [0.5, 0.6) is 5.88 Å². The van der Waals surface area contributed by atoms with Crippen molar-refractivity contribution in [1.29, 1.82) is 0 Å². The molecule has 4 N–H and O–H groups in total. The lowest BCUT2D eigenvalue weighted by atomic mass is 10.2. The molecule has 0 aliphatic heterocycles. The Labute approximate surface area is 119 Å². The van der Waals surface area contributed by atoms with Crippen LogP contribution in [0.3, 0.4) is 0 Å². The number of anilines is 2. The van der Waals surface area contributed by atoms with Crippen LogP contribution in [-0.4, -0.2) is 21.9 Å². The second-order valence-corrected chi connectivity index (χ2v) is 4.33. The summed E-state index contributed by atoms with van der Waals surface area (Å²) < 4.78 is 0. The summed E-state index contributed by atoms with van der Waals surface area (Å²) >= 11 is 0. The third-order valence-corrected chi connectivity index (χ3v) is 2.53. The van der Waals surface area contributed by atoms with E-state index in [-0.39, 0.29) is 17.4 Å². The second-order valence-electron chi connectivity index (χ2n) is 4.33. The Bertz CT molecular complexity index is 752. The highest BCUT2D eigenvalue weighted by molar-refractivity contribution is 6.04. The summed E-state index contributed by atoms with van der Waals surface area (Å²) in [4.78, 5) is 36.3. The molecule has 0 unspecified atom stereocenters. The van der Waals surface area contributed by atoms with Crippen LogP contribution in [0.25, 0.3) is 0 Å².